The lowest BCUT2D eigenvalue weighted by Gasteiger charge is -2.36. The van der Waals surface area contributed by atoms with E-state index in [4.69, 9.17) is 26.9 Å². The molecule has 0 unspecified atom stereocenters. The van der Waals surface area contributed by atoms with Crippen molar-refractivity contribution >= 4 is 34.5 Å². The van der Waals surface area contributed by atoms with E-state index in [1.54, 1.807) is 34.9 Å². The van der Waals surface area contributed by atoms with Crippen LogP contribution in [0.4, 0.5) is 10.1 Å². The van der Waals surface area contributed by atoms with Gasteiger partial charge in [0.25, 0.3) is 5.91 Å². The number of imidazole rings is 1. The number of piperazine rings is 1. The standard InChI is InChI=1S/C32H28FN5O3.C4H11N3.C2H6/c33-23-11-13-24(14-12-23)36-16-18-37(19-17-36)32(40)22-10-15-28-27(20-22)35-31(38(28)21-30(34)39)26-8-4-5-9-29(26)41-25-6-2-1-3-7-25;1-2-3-7-4(5)6;1-2/h1-15,20H,16-19,21H2,(H2,34,39);2-3H2,1H3,(H4,5,6,7);1-2H3. The van der Waals surface area contributed by atoms with Gasteiger partial charge in [0.2, 0.25) is 5.91 Å². The summed E-state index contributed by atoms with van der Waals surface area (Å²) in [4.78, 5) is 38.0. The highest BCUT2D eigenvalue weighted by atomic mass is 19.1. The number of nitrogens with two attached hydrogens (primary N) is 3. The van der Waals surface area contributed by atoms with E-state index in [0.717, 1.165) is 18.7 Å². The zero-order chi connectivity index (χ0) is 36.0. The predicted octanol–water partition coefficient (Wildman–Crippen LogP) is 5.78. The summed E-state index contributed by atoms with van der Waals surface area (Å²) in [5.41, 5.74) is 19.0. The number of ether oxygens (including phenoxy) is 1. The Morgan fingerprint density at radius 1 is 0.860 bits per heavy atom. The van der Waals surface area contributed by atoms with Gasteiger partial charge in [0.05, 0.1) is 16.6 Å². The summed E-state index contributed by atoms with van der Waals surface area (Å²) in [6.45, 7) is 9.06. The largest absolute Gasteiger partial charge is 0.457 e. The molecule has 0 radical (unpaired) electrons. The Balaban J connectivity index is 0.000000559. The lowest BCUT2D eigenvalue weighted by Crippen LogP contribution is -2.48. The van der Waals surface area contributed by atoms with Crippen LogP contribution < -0.4 is 26.8 Å². The molecule has 0 saturated carbocycles. The molecular formula is C38H45FN8O3. The summed E-state index contributed by atoms with van der Waals surface area (Å²) >= 11 is 0. The molecule has 6 N–H and O–H groups in total. The molecule has 0 atom stereocenters. The number of aliphatic imine (C=N–C) groups is 1. The van der Waals surface area contributed by atoms with Gasteiger partial charge in [-0.2, -0.15) is 0 Å². The first-order chi connectivity index (χ1) is 24.2. The third-order valence-corrected chi connectivity index (χ3v) is 7.68. The molecule has 1 fully saturated rings. The number of anilines is 1. The smallest absolute Gasteiger partial charge is 0.254 e. The molecule has 6 rings (SSSR count). The molecule has 1 saturated heterocycles. The van der Waals surface area contributed by atoms with Gasteiger partial charge in [0.1, 0.15) is 29.7 Å². The van der Waals surface area contributed by atoms with Crippen LogP contribution in [0.3, 0.4) is 0 Å². The minimum atomic E-state index is -0.508. The van der Waals surface area contributed by atoms with Crippen LogP contribution in [0.15, 0.2) is 102 Å². The summed E-state index contributed by atoms with van der Waals surface area (Å²) in [6, 6.07) is 28.6. The molecule has 262 valence electrons. The molecule has 0 bridgehead atoms. The average molecular weight is 681 g/mol. The van der Waals surface area contributed by atoms with Gasteiger partial charge in [0.15, 0.2) is 5.96 Å². The summed E-state index contributed by atoms with van der Waals surface area (Å²) in [5.74, 6) is 1.08. The number of hydrogen-bond donors (Lipinski definition) is 3. The fourth-order valence-corrected chi connectivity index (χ4v) is 5.38. The number of nitrogens with zero attached hydrogens (tertiary/aromatic N) is 5. The zero-order valence-corrected chi connectivity index (χ0v) is 28.8. The number of guanidine groups is 1. The van der Waals surface area contributed by atoms with Crippen molar-refractivity contribution in [2.75, 3.05) is 37.6 Å². The van der Waals surface area contributed by atoms with Gasteiger partial charge in [-0.25, -0.2) is 9.37 Å². The minimum Gasteiger partial charge on any atom is -0.457 e. The van der Waals surface area contributed by atoms with Crippen molar-refractivity contribution in [1.29, 1.82) is 0 Å². The van der Waals surface area contributed by atoms with E-state index in [-0.39, 0.29) is 24.2 Å². The van der Waals surface area contributed by atoms with Gasteiger partial charge < -0.3 is 36.3 Å². The number of para-hydroxylation sites is 2. The van der Waals surface area contributed by atoms with Crippen molar-refractivity contribution in [3.63, 3.8) is 0 Å². The minimum absolute atomic E-state index is 0.0792. The van der Waals surface area contributed by atoms with Crippen LogP contribution in [0.25, 0.3) is 22.4 Å². The second-order valence-electron chi connectivity index (χ2n) is 11.2. The van der Waals surface area contributed by atoms with Gasteiger partial charge in [-0.3, -0.25) is 14.6 Å². The highest BCUT2D eigenvalue weighted by Gasteiger charge is 2.24. The van der Waals surface area contributed by atoms with Gasteiger partial charge in [-0.15, -0.1) is 0 Å². The van der Waals surface area contributed by atoms with Crippen LogP contribution >= 0.6 is 0 Å². The number of carbonyl (C=O) groups excluding carboxylic acids is 2. The maximum atomic E-state index is 13.5. The van der Waals surface area contributed by atoms with Crippen LogP contribution in [0.5, 0.6) is 11.5 Å². The molecule has 1 aliphatic heterocycles. The molecule has 12 heteroatoms. The summed E-state index contributed by atoms with van der Waals surface area (Å²) in [6.07, 6.45) is 0.998. The van der Waals surface area contributed by atoms with E-state index in [9.17, 15) is 14.0 Å². The Hall–Kier alpha value is -5.91. The Kier molecular flexibility index (Phi) is 13.3. The van der Waals surface area contributed by atoms with Crippen LogP contribution in [0, 0.1) is 5.82 Å². The first-order valence-electron chi connectivity index (χ1n) is 16.7. The first-order valence-corrected chi connectivity index (χ1v) is 16.7. The number of benzene rings is 4. The number of primary amides is 1. The lowest BCUT2D eigenvalue weighted by atomic mass is 10.1. The molecule has 0 spiro atoms. The van der Waals surface area contributed by atoms with Crippen LogP contribution in [-0.4, -0.2) is 64.9 Å². The number of amides is 2. The number of aromatic nitrogens is 2. The van der Waals surface area contributed by atoms with Crippen molar-refractivity contribution in [3.8, 4) is 22.9 Å². The fraction of sp³-hybridized carbons (Fsp3) is 0.263. The summed E-state index contributed by atoms with van der Waals surface area (Å²) < 4.78 is 21.2. The summed E-state index contributed by atoms with van der Waals surface area (Å²) in [7, 11) is 0. The number of fused-ring (bicyclic) bond motifs is 1. The van der Waals surface area contributed by atoms with Crippen LogP contribution in [0.1, 0.15) is 37.6 Å². The van der Waals surface area contributed by atoms with Crippen molar-refractivity contribution in [1.82, 2.24) is 14.5 Å². The fourth-order valence-electron chi connectivity index (χ4n) is 5.38. The van der Waals surface area contributed by atoms with E-state index in [1.165, 1.54) is 12.1 Å². The highest BCUT2D eigenvalue weighted by molar-refractivity contribution is 5.98. The van der Waals surface area contributed by atoms with E-state index in [2.05, 4.69) is 9.89 Å². The van der Waals surface area contributed by atoms with Gasteiger partial charge in [-0.1, -0.05) is 51.1 Å². The average Bonchev–Trinajstić information content (AvgIpc) is 3.49. The number of halogens is 1. The Labute approximate surface area is 292 Å². The number of hydrogen-bond acceptors (Lipinski definition) is 6. The SMILES string of the molecule is CC.CCCN=C(N)N.NC(=O)Cn1c(-c2ccccc2Oc2ccccc2)nc2cc(C(=O)N3CCN(c4ccc(F)cc4)CC3)ccc21. The molecule has 1 aliphatic rings. The van der Waals surface area contributed by atoms with Crippen LogP contribution in [-0.2, 0) is 11.3 Å². The predicted molar refractivity (Wildman–Crippen MR) is 198 cm³/mol. The molecule has 11 nitrogen and oxygen atoms in total. The van der Waals surface area contributed by atoms with E-state index in [0.29, 0.717) is 65.7 Å². The monoisotopic (exact) mass is 680 g/mol. The first kappa shape index (κ1) is 36.9. The maximum absolute atomic E-state index is 13.5. The maximum Gasteiger partial charge on any atom is 0.254 e. The molecule has 4 aromatic carbocycles. The second kappa shape index (κ2) is 18.0. The Bertz CT molecular complexity index is 1880. The van der Waals surface area contributed by atoms with E-state index < -0.39 is 5.91 Å². The Morgan fingerprint density at radius 2 is 1.52 bits per heavy atom. The molecule has 5 aromatic rings. The highest BCUT2D eigenvalue weighted by Crippen LogP contribution is 2.35. The molecule has 50 heavy (non-hydrogen) atoms. The van der Waals surface area contributed by atoms with Gasteiger partial charge >= 0.3 is 0 Å². The van der Waals surface area contributed by atoms with E-state index >= 15 is 0 Å². The van der Waals surface area contributed by atoms with E-state index in [1.807, 2.05) is 80.3 Å². The quantitative estimate of drug-likeness (QED) is 0.132. The topological polar surface area (TPSA) is 158 Å². The van der Waals surface area contributed by atoms with Gasteiger partial charge in [0, 0.05) is 44.0 Å². The normalized spacial score (nSPS) is 12.2. The molecule has 0 aliphatic carbocycles. The lowest BCUT2D eigenvalue weighted by molar-refractivity contribution is -0.118. The van der Waals surface area contributed by atoms with Crippen molar-refractivity contribution in [2.24, 2.45) is 22.2 Å². The van der Waals surface area contributed by atoms with Crippen LogP contribution in [0.2, 0.25) is 0 Å². The molecule has 2 amide bonds. The Morgan fingerprint density at radius 3 is 2.14 bits per heavy atom. The molecule has 1 aromatic heterocycles. The van der Waals surface area contributed by atoms with Crippen molar-refractivity contribution in [3.05, 3.63) is 108 Å². The molecular weight excluding hydrogens is 635 g/mol. The number of carbonyl (C=O) groups is 2. The second-order valence-corrected chi connectivity index (χ2v) is 11.2. The zero-order valence-electron chi connectivity index (χ0n) is 28.8. The summed E-state index contributed by atoms with van der Waals surface area (Å²) in [5, 5.41) is 0. The molecule has 2 heterocycles. The third kappa shape index (κ3) is 9.59. The van der Waals surface area contributed by atoms with Crippen molar-refractivity contribution < 1.29 is 18.7 Å². The third-order valence-electron chi connectivity index (χ3n) is 7.68. The van der Waals surface area contributed by atoms with Crippen molar-refractivity contribution in [2.45, 2.75) is 33.7 Å². The number of rotatable bonds is 9. The van der Waals surface area contributed by atoms with Gasteiger partial charge in [-0.05, 0) is 73.2 Å².